The van der Waals surface area contributed by atoms with Crippen LogP contribution in [-0.2, 0) is 16.1 Å². The molecule has 0 N–H and O–H groups in total. The van der Waals surface area contributed by atoms with Crippen LogP contribution in [0.1, 0.15) is 18.4 Å². The summed E-state index contributed by atoms with van der Waals surface area (Å²) < 4.78 is 11.5. The summed E-state index contributed by atoms with van der Waals surface area (Å²) in [5.41, 5.74) is 3.76. The van der Waals surface area contributed by atoms with Crippen molar-refractivity contribution in [2.75, 3.05) is 18.2 Å². The van der Waals surface area contributed by atoms with Crippen LogP contribution in [0.2, 0.25) is 0 Å². The summed E-state index contributed by atoms with van der Waals surface area (Å²) in [7, 11) is 0. The van der Waals surface area contributed by atoms with Crippen LogP contribution in [0, 0.1) is 0 Å². The molecule has 1 fully saturated rings. The maximum atomic E-state index is 13.9. The van der Waals surface area contributed by atoms with E-state index in [1.54, 1.807) is 9.80 Å². The Labute approximate surface area is 223 Å². The number of ether oxygens (including phenoxy) is 2. The Morgan fingerprint density at radius 2 is 1.37 bits per heavy atom. The molecule has 4 aromatic rings. The maximum absolute atomic E-state index is 13.9. The SMILES string of the molecule is O=C(C1CCCN1C(=O)OCc1ccccc1)N(COc1ccccc1)c1ccc(-c2ccccc2)cc1. The first-order valence-electron chi connectivity index (χ1n) is 12.8. The molecule has 0 aliphatic carbocycles. The Kier molecular flexibility index (Phi) is 7.99. The minimum absolute atomic E-state index is 0.0247. The second kappa shape index (κ2) is 12.1. The van der Waals surface area contributed by atoms with E-state index >= 15 is 0 Å². The zero-order valence-corrected chi connectivity index (χ0v) is 21.1. The van der Waals surface area contributed by atoms with Gasteiger partial charge in [0.15, 0.2) is 6.73 Å². The van der Waals surface area contributed by atoms with Gasteiger partial charge in [-0.1, -0.05) is 91.0 Å². The first-order chi connectivity index (χ1) is 18.7. The van der Waals surface area contributed by atoms with Gasteiger partial charge in [-0.3, -0.25) is 14.6 Å². The van der Waals surface area contributed by atoms with Crippen LogP contribution in [-0.4, -0.2) is 36.2 Å². The number of benzene rings is 4. The topological polar surface area (TPSA) is 59.1 Å². The monoisotopic (exact) mass is 506 g/mol. The molecule has 1 unspecified atom stereocenters. The Hall–Kier alpha value is -4.58. The van der Waals surface area contributed by atoms with Crippen molar-refractivity contribution < 1.29 is 19.1 Å². The highest BCUT2D eigenvalue weighted by molar-refractivity contribution is 5.99. The summed E-state index contributed by atoms with van der Waals surface area (Å²) in [4.78, 5) is 30.0. The molecule has 192 valence electrons. The number of anilines is 1. The van der Waals surface area contributed by atoms with Crippen LogP contribution in [0.4, 0.5) is 10.5 Å². The van der Waals surface area contributed by atoms with E-state index in [2.05, 4.69) is 0 Å². The molecular weight excluding hydrogens is 476 g/mol. The molecule has 1 aliphatic rings. The summed E-state index contributed by atoms with van der Waals surface area (Å²) in [6.45, 7) is 0.667. The molecule has 5 rings (SSSR count). The summed E-state index contributed by atoms with van der Waals surface area (Å²) in [5.74, 6) is 0.472. The molecular formula is C32H30N2O4. The number of hydrogen-bond donors (Lipinski definition) is 0. The third-order valence-electron chi connectivity index (χ3n) is 6.63. The van der Waals surface area contributed by atoms with Gasteiger partial charge in [-0.2, -0.15) is 0 Å². The van der Waals surface area contributed by atoms with Crippen molar-refractivity contribution in [1.82, 2.24) is 4.90 Å². The summed E-state index contributed by atoms with van der Waals surface area (Å²) in [5, 5.41) is 0. The van der Waals surface area contributed by atoms with E-state index < -0.39 is 12.1 Å². The molecule has 6 nitrogen and oxygen atoms in total. The quantitative estimate of drug-likeness (QED) is 0.255. The average molecular weight is 507 g/mol. The highest BCUT2D eigenvalue weighted by atomic mass is 16.6. The highest BCUT2D eigenvalue weighted by Gasteiger charge is 2.38. The fraction of sp³-hybridized carbons (Fsp3) is 0.188. The van der Waals surface area contributed by atoms with Crippen molar-refractivity contribution in [2.45, 2.75) is 25.5 Å². The van der Waals surface area contributed by atoms with Gasteiger partial charge in [-0.05, 0) is 53.8 Å². The minimum atomic E-state index is -0.619. The summed E-state index contributed by atoms with van der Waals surface area (Å²) >= 11 is 0. The summed E-state index contributed by atoms with van der Waals surface area (Å²) in [6, 6.07) is 36.2. The van der Waals surface area contributed by atoms with Crippen LogP contribution in [0.5, 0.6) is 5.75 Å². The van der Waals surface area contributed by atoms with Crippen molar-refractivity contribution in [3.8, 4) is 16.9 Å². The highest BCUT2D eigenvalue weighted by Crippen LogP contribution is 2.27. The van der Waals surface area contributed by atoms with Gasteiger partial charge in [-0.25, -0.2) is 4.79 Å². The first kappa shape index (κ1) is 25.1. The van der Waals surface area contributed by atoms with Crippen LogP contribution in [0.3, 0.4) is 0 Å². The number of hydrogen-bond acceptors (Lipinski definition) is 4. The Balaban J connectivity index is 1.34. The van der Waals surface area contributed by atoms with Crippen molar-refractivity contribution in [2.24, 2.45) is 0 Å². The first-order valence-corrected chi connectivity index (χ1v) is 12.8. The second-order valence-corrected chi connectivity index (χ2v) is 9.16. The smallest absolute Gasteiger partial charge is 0.410 e. The van der Waals surface area contributed by atoms with Crippen LogP contribution in [0.15, 0.2) is 115 Å². The van der Waals surface area contributed by atoms with Gasteiger partial charge < -0.3 is 9.47 Å². The lowest BCUT2D eigenvalue weighted by atomic mass is 10.1. The van der Waals surface area contributed by atoms with Crippen LogP contribution >= 0.6 is 0 Å². The lowest BCUT2D eigenvalue weighted by molar-refractivity contribution is -0.123. The van der Waals surface area contributed by atoms with Gasteiger partial charge in [0.25, 0.3) is 5.91 Å². The normalized spacial score (nSPS) is 14.6. The van der Waals surface area contributed by atoms with E-state index in [1.165, 1.54) is 0 Å². The van der Waals surface area contributed by atoms with Gasteiger partial charge in [0.1, 0.15) is 18.4 Å². The van der Waals surface area contributed by atoms with Gasteiger partial charge in [-0.15, -0.1) is 0 Å². The van der Waals surface area contributed by atoms with Crippen molar-refractivity contribution in [3.63, 3.8) is 0 Å². The Morgan fingerprint density at radius 1 is 0.763 bits per heavy atom. The van der Waals surface area contributed by atoms with E-state index in [-0.39, 0.29) is 19.2 Å². The summed E-state index contributed by atoms with van der Waals surface area (Å²) in [6.07, 6.45) is 0.827. The largest absolute Gasteiger partial charge is 0.473 e. The number of likely N-dealkylation sites (tertiary alicyclic amines) is 1. The molecule has 1 aliphatic heterocycles. The predicted molar refractivity (Wildman–Crippen MR) is 148 cm³/mol. The average Bonchev–Trinajstić information content (AvgIpc) is 3.48. The van der Waals surface area contributed by atoms with Crippen molar-refractivity contribution >= 4 is 17.7 Å². The molecule has 0 bridgehead atoms. The van der Waals surface area contributed by atoms with E-state index in [4.69, 9.17) is 9.47 Å². The standard InChI is InChI=1S/C32H30N2O4/c35-31(30-17-10-22-33(30)32(36)37-23-25-11-4-1-5-12-25)34(24-38-29-15-8-3-9-16-29)28-20-18-27(19-21-28)26-13-6-2-7-14-26/h1-9,11-16,18-21,30H,10,17,22-24H2. The Morgan fingerprint density at radius 3 is 2.05 bits per heavy atom. The molecule has 0 aromatic heterocycles. The van der Waals surface area contributed by atoms with E-state index in [1.807, 2.05) is 115 Å². The zero-order chi connectivity index (χ0) is 26.2. The van der Waals surface area contributed by atoms with Gasteiger partial charge in [0.2, 0.25) is 0 Å². The van der Waals surface area contributed by atoms with E-state index in [9.17, 15) is 9.59 Å². The van der Waals surface area contributed by atoms with Gasteiger partial charge in [0.05, 0.1) is 0 Å². The fourth-order valence-corrected chi connectivity index (χ4v) is 4.61. The predicted octanol–water partition coefficient (Wildman–Crippen LogP) is 6.52. The molecule has 6 heteroatoms. The second-order valence-electron chi connectivity index (χ2n) is 9.16. The van der Waals surface area contributed by atoms with Gasteiger partial charge >= 0.3 is 6.09 Å². The van der Waals surface area contributed by atoms with Crippen LogP contribution in [0.25, 0.3) is 11.1 Å². The lowest BCUT2D eigenvalue weighted by Crippen LogP contribution is -2.49. The molecule has 1 saturated heterocycles. The lowest BCUT2D eigenvalue weighted by Gasteiger charge is -2.30. The number of para-hydroxylation sites is 1. The van der Waals surface area contributed by atoms with Gasteiger partial charge in [0, 0.05) is 12.2 Å². The molecule has 38 heavy (non-hydrogen) atoms. The molecule has 0 saturated carbocycles. The van der Waals surface area contributed by atoms with E-state index in [0.29, 0.717) is 24.4 Å². The number of nitrogens with zero attached hydrogens (tertiary/aromatic N) is 2. The number of carbonyl (C=O) groups is 2. The number of amides is 2. The fourth-order valence-electron chi connectivity index (χ4n) is 4.61. The third-order valence-corrected chi connectivity index (χ3v) is 6.63. The number of carbonyl (C=O) groups excluding carboxylic acids is 2. The number of rotatable bonds is 8. The molecule has 4 aromatic carbocycles. The molecule has 0 radical (unpaired) electrons. The molecule has 2 amide bonds. The molecule has 1 heterocycles. The molecule has 0 spiro atoms. The zero-order valence-electron chi connectivity index (χ0n) is 21.1. The van der Waals surface area contributed by atoms with E-state index in [0.717, 1.165) is 23.1 Å². The van der Waals surface area contributed by atoms with Crippen molar-refractivity contribution in [3.05, 3.63) is 121 Å². The minimum Gasteiger partial charge on any atom is -0.473 e. The maximum Gasteiger partial charge on any atom is 0.410 e. The Bertz CT molecular complexity index is 1330. The third kappa shape index (κ3) is 6.03. The van der Waals surface area contributed by atoms with Crippen molar-refractivity contribution in [1.29, 1.82) is 0 Å². The molecule has 1 atom stereocenters. The van der Waals surface area contributed by atoms with Crippen LogP contribution < -0.4 is 9.64 Å².